The van der Waals surface area contributed by atoms with E-state index in [1.165, 1.54) is 38.6 Å². The number of halogens is 3. The van der Waals surface area contributed by atoms with Gasteiger partial charge in [0.15, 0.2) is 0 Å². The largest absolute Gasteiger partial charge is 0.495 e. The lowest BCUT2D eigenvalue weighted by Crippen LogP contribution is -2.37. The lowest BCUT2D eigenvalue weighted by atomic mass is 9.73. The Balaban J connectivity index is 2.21. The zero-order valence-electron chi connectivity index (χ0n) is 12.2. The van der Waals surface area contributed by atoms with Gasteiger partial charge in [-0.25, -0.2) is 9.78 Å². The van der Waals surface area contributed by atoms with Crippen molar-refractivity contribution in [3.63, 3.8) is 0 Å². The van der Waals surface area contributed by atoms with Gasteiger partial charge in [-0.15, -0.1) is 0 Å². The molecule has 0 saturated heterocycles. The standard InChI is InChI=1S/C15H16F3NO3/c1-21-13-8-19-12(14(20)22-2)7-10(13)4-3-9-5-6-11(9)15(16,17)18/h3-4,7-9,11H,5-6H2,1-2H3/b4-3+/t9-,11-/m1/s1. The van der Waals surface area contributed by atoms with E-state index in [0.29, 0.717) is 17.7 Å². The lowest BCUT2D eigenvalue weighted by Gasteiger charge is -2.35. The molecule has 1 aromatic rings. The predicted octanol–water partition coefficient (Wildman–Crippen LogP) is 3.48. The molecule has 7 heteroatoms. The second-order valence-corrected chi connectivity index (χ2v) is 5.05. The van der Waals surface area contributed by atoms with E-state index in [1.807, 2.05) is 0 Å². The van der Waals surface area contributed by atoms with E-state index < -0.39 is 24.0 Å². The van der Waals surface area contributed by atoms with Gasteiger partial charge in [0.1, 0.15) is 11.4 Å². The topological polar surface area (TPSA) is 48.4 Å². The molecular formula is C15H16F3NO3. The average molecular weight is 315 g/mol. The second-order valence-electron chi connectivity index (χ2n) is 5.05. The number of pyridine rings is 1. The number of hydrogen-bond acceptors (Lipinski definition) is 4. The minimum absolute atomic E-state index is 0.0731. The molecule has 0 bridgehead atoms. The summed E-state index contributed by atoms with van der Waals surface area (Å²) < 4.78 is 47.8. The van der Waals surface area contributed by atoms with Crippen LogP contribution in [0.3, 0.4) is 0 Å². The Kier molecular flexibility index (Phi) is 4.73. The van der Waals surface area contributed by atoms with Gasteiger partial charge in [-0.2, -0.15) is 13.2 Å². The molecule has 0 unspecified atom stereocenters. The molecule has 1 aromatic heterocycles. The number of carbonyl (C=O) groups excluding carboxylic acids is 1. The molecule has 1 fully saturated rings. The Bertz CT molecular complexity index is 584. The van der Waals surface area contributed by atoms with Gasteiger partial charge in [-0.3, -0.25) is 0 Å². The van der Waals surface area contributed by atoms with Gasteiger partial charge in [0, 0.05) is 5.56 Å². The molecule has 0 aromatic carbocycles. The molecule has 2 atom stereocenters. The van der Waals surface area contributed by atoms with Crippen LogP contribution in [0, 0.1) is 11.8 Å². The first-order chi connectivity index (χ1) is 10.4. The van der Waals surface area contributed by atoms with E-state index in [9.17, 15) is 18.0 Å². The third-order valence-corrected chi connectivity index (χ3v) is 3.78. The van der Waals surface area contributed by atoms with Crippen LogP contribution in [0.1, 0.15) is 28.9 Å². The van der Waals surface area contributed by atoms with Crippen LogP contribution in [0.25, 0.3) is 6.08 Å². The Morgan fingerprint density at radius 1 is 1.36 bits per heavy atom. The fourth-order valence-electron chi connectivity index (χ4n) is 2.37. The van der Waals surface area contributed by atoms with Crippen LogP contribution in [-0.4, -0.2) is 31.3 Å². The summed E-state index contributed by atoms with van der Waals surface area (Å²) in [5.41, 5.74) is 0.564. The summed E-state index contributed by atoms with van der Waals surface area (Å²) in [6, 6.07) is 1.43. The molecule has 120 valence electrons. The normalized spacial score (nSPS) is 21.5. The number of alkyl halides is 3. The van der Waals surface area contributed by atoms with Gasteiger partial charge in [0.25, 0.3) is 0 Å². The van der Waals surface area contributed by atoms with Crippen molar-refractivity contribution in [2.75, 3.05) is 14.2 Å². The van der Waals surface area contributed by atoms with Crippen molar-refractivity contribution in [2.45, 2.75) is 19.0 Å². The van der Waals surface area contributed by atoms with Crippen LogP contribution in [0.15, 0.2) is 18.3 Å². The first kappa shape index (κ1) is 16.3. The van der Waals surface area contributed by atoms with Crippen molar-refractivity contribution >= 4 is 12.0 Å². The third kappa shape index (κ3) is 3.40. The summed E-state index contributed by atoms with van der Waals surface area (Å²) >= 11 is 0. The van der Waals surface area contributed by atoms with Gasteiger partial charge in [0.2, 0.25) is 0 Å². The number of hydrogen-bond donors (Lipinski definition) is 0. The number of ether oxygens (including phenoxy) is 2. The summed E-state index contributed by atoms with van der Waals surface area (Å²) in [6.45, 7) is 0. The molecule has 4 nitrogen and oxygen atoms in total. The molecule has 0 amide bonds. The maximum atomic E-state index is 12.7. The molecule has 0 N–H and O–H groups in total. The van der Waals surface area contributed by atoms with Crippen molar-refractivity contribution in [3.05, 3.63) is 29.6 Å². The first-order valence-corrected chi connectivity index (χ1v) is 6.74. The molecular weight excluding hydrogens is 299 g/mol. The smallest absolute Gasteiger partial charge is 0.392 e. The molecule has 1 aliphatic rings. The number of methoxy groups -OCH3 is 2. The summed E-state index contributed by atoms with van der Waals surface area (Å²) in [5.74, 6) is -2.07. The highest BCUT2D eigenvalue weighted by atomic mass is 19.4. The zero-order chi connectivity index (χ0) is 16.3. The Morgan fingerprint density at radius 2 is 2.09 bits per heavy atom. The van der Waals surface area contributed by atoms with Gasteiger partial charge in [-0.1, -0.05) is 12.2 Å². The summed E-state index contributed by atoms with van der Waals surface area (Å²) in [7, 11) is 2.65. The number of aromatic nitrogens is 1. The highest BCUT2D eigenvalue weighted by Crippen LogP contribution is 2.46. The third-order valence-electron chi connectivity index (χ3n) is 3.78. The summed E-state index contributed by atoms with van der Waals surface area (Å²) in [6.07, 6.45) is 0.869. The van der Waals surface area contributed by atoms with E-state index in [1.54, 1.807) is 0 Å². The molecule has 1 aliphatic carbocycles. The highest BCUT2D eigenvalue weighted by molar-refractivity contribution is 5.88. The van der Waals surface area contributed by atoms with Crippen molar-refractivity contribution in [1.29, 1.82) is 0 Å². The van der Waals surface area contributed by atoms with E-state index >= 15 is 0 Å². The number of nitrogens with zero attached hydrogens (tertiary/aromatic N) is 1. The summed E-state index contributed by atoms with van der Waals surface area (Å²) in [4.78, 5) is 15.3. The minimum Gasteiger partial charge on any atom is -0.495 e. The highest BCUT2D eigenvalue weighted by Gasteiger charge is 2.48. The number of rotatable bonds is 4. The molecule has 22 heavy (non-hydrogen) atoms. The molecule has 2 rings (SSSR count). The van der Waals surface area contributed by atoms with Crippen LogP contribution >= 0.6 is 0 Å². The quantitative estimate of drug-likeness (QED) is 0.798. The van der Waals surface area contributed by atoms with Crippen LogP contribution in [0.2, 0.25) is 0 Å². The number of esters is 1. The Hall–Kier alpha value is -2.05. The van der Waals surface area contributed by atoms with E-state index in [0.717, 1.165) is 0 Å². The zero-order valence-corrected chi connectivity index (χ0v) is 12.2. The second kappa shape index (κ2) is 6.37. The van der Waals surface area contributed by atoms with Crippen LogP contribution in [0.5, 0.6) is 5.75 Å². The fraction of sp³-hybridized carbons (Fsp3) is 0.467. The SMILES string of the molecule is COC(=O)c1cc(/C=C/[C@@H]2CC[C@H]2C(F)(F)F)c(OC)cn1. The molecule has 1 heterocycles. The van der Waals surface area contributed by atoms with Crippen molar-refractivity contribution in [2.24, 2.45) is 11.8 Å². The average Bonchev–Trinajstić information content (AvgIpc) is 2.43. The van der Waals surface area contributed by atoms with Crippen molar-refractivity contribution < 1.29 is 27.4 Å². The van der Waals surface area contributed by atoms with Crippen molar-refractivity contribution in [3.8, 4) is 5.75 Å². The summed E-state index contributed by atoms with van der Waals surface area (Å²) in [5, 5.41) is 0. The minimum atomic E-state index is -4.17. The van der Waals surface area contributed by atoms with Crippen LogP contribution < -0.4 is 4.74 Å². The van der Waals surface area contributed by atoms with Crippen LogP contribution in [-0.2, 0) is 4.74 Å². The lowest BCUT2D eigenvalue weighted by molar-refractivity contribution is -0.206. The molecule has 0 radical (unpaired) electrons. The molecule has 0 aliphatic heterocycles. The Labute approximate surface area is 125 Å². The fourth-order valence-corrected chi connectivity index (χ4v) is 2.37. The van der Waals surface area contributed by atoms with E-state index in [2.05, 4.69) is 9.72 Å². The first-order valence-electron chi connectivity index (χ1n) is 6.74. The monoisotopic (exact) mass is 315 g/mol. The van der Waals surface area contributed by atoms with E-state index in [4.69, 9.17) is 4.74 Å². The van der Waals surface area contributed by atoms with E-state index in [-0.39, 0.29) is 12.1 Å². The van der Waals surface area contributed by atoms with Gasteiger partial charge in [-0.05, 0) is 24.8 Å². The number of allylic oxidation sites excluding steroid dienone is 1. The molecule has 1 saturated carbocycles. The predicted molar refractivity (Wildman–Crippen MR) is 73.4 cm³/mol. The van der Waals surface area contributed by atoms with Gasteiger partial charge >= 0.3 is 12.1 Å². The Morgan fingerprint density at radius 3 is 2.59 bits per heavy atom. The maximum Gasteiger partial charge on any atom is 0.392 e. The van der Waals surface area contributed by atoms with Gasteiger partial charge in [0.05, 0.1) is 26.3 Å². The number of carbonyl (C=O) groups is 1. The van der Waals surface area contributed by atoms with Crippen molar-refractivity contribution in [1.82, 2.24) is 4.98 Å². The van der Waals surface area contributed by atoms with Crippen LogP contribution in [0.4, 0.5) is 13.2 Å². The molecule has 0 spiro atoms. The van der Waals surface area contributed by atoms with Gasteiger partial charge < -0.3 is 9.47 Å². The maximum absolute atomic E-state index is 12.7.